The predicted molar refractivity (Wildman–Crippen MR) is 72.1 cm³/mol. The number of nitrogens with zero attached hydrogens (tertiary/aromatic N) is 2. The van der Waals surface area contributed by atoms with E-state index in [1.54, 1.807) is 18.5 Å². The molecule has 7 nitrogen and oxygen atoms in total. The van der Waals surface area contributed by atoms with Gasteiger partial charge in [-0.3, -0.25) is 9.48 Å². The maximum Gasteiger partial charge on any atom is 0.326 e. The van der Waals surface area contributed by atoms with Crippen LogP contribution in [0.1, 0.15) is 27.2 Å². The Balaban J connectivity index is 2.42. The van der Waals surface area contributed by atoms with E-state index in [2.05, 4.69) is 10.4 Å². The lowest BCUT2D eigenvalue weighted by Crippen LogP contribution is -2.43. The largest absolute Gasteiger partial charge is 0.480 e. The van der Waals surface area contributed by atoms with Gasteiger partial charge in [0.1, 0.15) is 12.6 Å². The van der Waals surface area contributed by atoms with Crippen LogP contribution in [-0.2, 0) is 20.9 Å². The molecule has 20 heavy (non-hydrogen) atoms. The summed E-state index contributed by atoms with van der Waals surface area (Å²) in [4.78, 5) is 22.8. The molecule has 1 aromatic rings. The molecule has 1 atom stereocenters. The third kappa shape index (κ3) is 6.33. The molecule has 1 heterocycles. The maximum absolute atomic E-state index is 11.7. The Bertz CT molecular complexity index is 437. The SMILES string of the molecule is CC(C)(C)OCCC(NC(=O)Cn1cccn1)C(=O)O. The summed E-state index contributed by atoms with van der Waals surface area (Å²) < 4.78 is 6.90. The van der Waals surface area contributed by atoms with Gasteiger partial charge in [-0.25, -0.2) is 4.79 Å². The molecule has 0 aromatic carbocycles. The molecule has 7 heteroatoms. The van der Waals surface area contributed by atoms with E-state index in [0.717, 1.165) is 0 Å². The summed E-state index contributed by atoms with van der Waals surface area (Å²) in [6, 6.07) is 0.736. The first-order valence-electron chi connectivity index (χ1n) is 6.41. The lowest BCUT2D eigenvalue weighted by Gasteiger charge is -2.21. The number of amides is 1. The Morgan fingerprint density at radius 2 is 2.15 bits per heavy atom. The number of rotatable bonds is 7. The highest BCUT2D eigenvalue weighted by Crippen LogP contribution is 2.08. The van der Waals surface area contributed by atoms with Gasteiger partial charge in [0.15, 0.2) is 0 Å². The van der Waals surface area contributed by atoms with Gasteiger partial charge in [-0.15, -0.1) is 0 Å². The lowest BCUT2D eigenvalue weighted by atomic mass is 10.2. The van der Waals surface area contributed by atoms with Crippen molar-refractivity contribution in [1.82, 2.24) is 15.1 Å². The van der Waals surface area contributed by atoms with E-state index >= 15 is 0 Å². The number of carboxylic acids is 1. The second-order valence-electron chi connectivity index (χ2n) is 5.41. The van der Waals surface area contributed by atoms with Crippen molar-refractivity contribution in [2.45, 2.75) is 45.4 Å². The van der Waals surface area contributed by atoms with Gasteiger partial charge >= 0.3 is 5.97 Å². The van der Waals surface area contributed by atoms with Gasteiger partial charge in [0.2, 0.25) is 5.91 Å². The Labute approximate surface area is 117 Å². The van der Waals surface area contributed by atoms with Crippen LogP contribution in [0.25, 0.3) is 0 Å². The van der Waals surface area contributed by atoms with E-state index in [9.17, 15) is 9.59 Å². The van der Waals surface area contributed by atoms with E-state index in [4.69, 9.17) is 9.84 Å². The Morgan fingerprint density at radius 1 is 1.45 bits per heavy atom. The van der Waals surface area contributed by atoms with Crippen molar-refractivity contribution < 1.29 is 19.4 Å². The first kappa shape index (κ1) is 16.2. The smallest absolute Gasteiger partial charge is 0.326 e. The molecule has 1 amide bonds. The quantitative estimate of drug-likeness (QED) is 0.766. The zero-order chi connectivity index (χ0) is 15.2. The molecule has 1 rings (SSSR count). The van der Waals surface area contributed by atoms with Crippen molar-refractivity contribution >= 4 is 11.9 Å². The van der Waals surface area contributed by atoms with E-state index in [0.29, 0.717) is 0 Å². The van der Waals surface area contributed by atoms with Crippen molar-refractivity contribution in [3.05, 3.63) is 18.5 Å². The van der Waals surface area contributed by atoms with Crippen LogP contribution < -0.4 is 5.32 Å². The van der Waals surface area contributed by atoms with Gasteiger partial charge in [-0.2, -0.15) is 5.10 Å². The third-order valence-electron chi connectivity index (χ3n) is 2.44. The number of carbonyl (C=O) groups is 2. The molecule has 112 valence electrons. The highest BCUT2D eigenvalue weighted by molar-refractivity contribution is 5.83. The average molecular weight is 283 g/mol. The van der Waals surface area contributed by atoms with Gasteiger partial charge in [0, 0.05) is 25.4 Å². The summed E-state index contributed by atoms with van der Waals surface area (Å²) in [5.41, 5.74) is -0.331. The summed E-state index contributed by atoms with van der Waals surface area (Å²) in [5, 5.41) is 15.4. The summed E-state index contributed by atoms with van der Waals surface area (Å²) in [6.45, 7) is 5.93. The maximum atomic E-state index is 11.7. The number of aliphatic carboxylic acids is 1. The van der Waals surface area contributed by atoms with Crippen molar-refractivity contribution in [2.75, 3.05) is 6.61 Å². The fourth-order valence-corrected chi connectivity index (χ4v) is 1.52. The van der Waals surface area contributed by atoms with E-state index in [-0.39, 0.29) is 25.2 Å². The minimum absolute atomic E-state index is 0.00307. The van der Waals surface area contributed by atoms with Crippen LogP contribution in [0.15, 0.2) is 18.5 Å². The Hall–Kier alpha value is -1.89. The van der Waals surface area contributed by atoms with Crippen LogP contribution in [0.2, 0.25) is 0 Å². The summed E-state index contributed by atoms with van der Waals surface area (Å²) in [7, 11) is 0. The molecule has 0 aliphatic carbocycles. The first-order valence-corrected chi connectivity index (χ1v) is 6.41. The standard InChI is InChI=1S/C13H21N3O4/c1-13(2,3)20-8-5-10(12(18)19)15-11(17)9-16-7-4-6-14-16/h4,6-7,10H,5,8-9H2,1-3H3,(H,15,17)(H,18,19). The van der Waals surface area contributed by atoms with Crippen molar-refractivity contribution in [3.8, 4) is 0 Å². The molecule has 0 saturated heterocycles. The monoisotopic (exact) mass is 283 g/mol. The van der Waals surface area contributed by atoms with Crippen LogP contribution in [0.5, 0.6) is 0 Å². The minimum atomic E-state index is -1.07. The minimum Gasteiger partial charge on any atom is -0.480 e. The van der Waals surface area contributed by atoms with Gasteiger partial charge in [0.05, 0.1) is 5.60 Å². The Kier molecular flexibility index (Phi) is 5.69. The third-order valence-corrected chi connectivity index (χ3v) is 2.44. The fourth-order valence-electron chi connectivity index (χ4n) is 1.52. The van der Waals surface area contributed by atoms with Crippen LogP contribution in [0.3, 0.4) is 0 Å². The molecule has 0 radical (unpaired) electrons. The van der Waals surface area contributed by atoms with E-state index < -0.39 is 17.9 Å². The molecule has 1 unspecified atom stereocenters. The molecular weight excluding hydrogens is 262 g/mol. The molecule has 0 saturated carbocycles. The molecule has 2 N–H and O–H groups in total. The van der Waals surface area contributed by atoms with E-state index in [1.165, 1.54) is 4.68 Å². The number of carboxylic acid groups (broad SMARTS) is 1. The van der Waals surface area contributed by atoms with Gasteiger partial charge in [-0.05, 0) is 26.8 Å². The second kappa shape index (κ2) is 7.04. The molecule has 0 bridgehead atoms. The Morgan fingerprint density at radius 3 is 2.65 bits per heavy atom. The molecule has 0 fully saturated rings. The average Bonchev–Trinajstić information content (AvgIpc) is 2.78. The number of carbonyl (C=O) groups excluding carboxylic acids is 1. The van der Waals surface area contributed by atoms with E-state index in [1.807, 2.05) is 20.8 Å². The number of aromatic nitrogens is 2. The first-order chi connectivity index (χ1) is 9.28. The molecule has 0 aliphatic heterocycles. The molecular formula is C13H21N3O4. The normalized spacial score (nSPS) is 12.9. The second-order valence-corrected chi connectivity index (χ2v) is 5.41. The fraction of sp³-hybridized carbons (Fsp3) is 0.615. The predicted octanol–water partition coefficient (Wildman–Crippen LogP) is 0.658. The highest BCUT2D eigenvalue weighted by Gasteiger charge is 2.21. The summed E-state index contributed by atoms with van der Waals surface area (Å²) in [5.74, 6) is -1.46. The summed E-state index contributed by atoms with van der Waals surface area (Å²) in [6.07, 6.45) is 3.41. The lowest BCUT2D eigenvalue weighted by molar-refractivity contribution is -0.143. The number of ether oxygens (including phenoxy) is 1. The van der Waals surface area contributed by atoms with Gasteiger partial charge in [0.25, 0.3) is 0 Å². The number of nitrogens with one attached hydrogen (secondary N) is 1. The topological polar surface area (TPSA) is 93.5 Å². The number of hydrogen-bond donors (Lipinski definition) is 2. The molecule has 1 aromatic heterocycles. The number of hydrogen-bond acceptors (Lipinski definition) is 4. The van der Waals surface area contributed by atoms with Crippen LogP contribution in [0.4, 0.5) is 0 Å². The van der Waals surface area contributed by atoms with Gasteiger partial charge in [-0.1, -0.05) is 0 Å². The molecule has 0 aliphatic rings. The van der Waals surface area contributed by atoms with Gasteiger partial charge < -0.3 is 15.2 Å². The van der Waals surface area contributed by atoms with Crippen LogP contribution in [0, 0.1) is 0 Å². The molecule has 0 spiro atoms. The zero-order valence-electron chi connectivity index (χ0n) is 12.0. The van der Waals surface area contributed by atoms with Crippen LogP contribution >= 0.6 is 0 Å². The van der Waals surface area contributed by atoms with Crippen molar-refractivity contribution in [1.29, 1.82) is 0 Å². The zero-order valence-corrected chi connectivity index (χ0v) is 12.0. The summed E-state index contributed by atoms with van der Waals surface area (Å²) >= 11 is 0. The van der Waals surface area contributed by atoms with Crippen molar-refractivity contribution in [3.63, 3.8) is 0 Å². The highest BCUT2D eigenvalue weighted by atomic mass is 16.5. The van der Waals surface area contributed by atoms with Crippen LogP contribution in [-0.4, -0.2) is 45.0 Å². The van der Waals surface area contributed by atoms with Crippen molar-refractivity contribution in [2.24, 2.45) is 0 Å².